The Kier molecular flexibility index (Phi) is 14.0. The van der Waals surface area contributed by atoms with E-state index in [1.54, 1.807) is 23.1 Å². The molecule has 4 rings (SSSR count). The monoisotopic (exact) mass is 576 g/mol. The Labute approximate surface area is 249 Å². The molecule has 1 amide bonds. The molecule has 8 nitrogen and oxygen atoms in total. The van der Waals surface area contributed by atoms with Crippen LogP contribution in [-0.2, 0) is 6.42 Å². The molecule has 2 N–H and O–H groups in total. The summed E-state index contributed by atoms with van der Waals surface area (Å²) in [5.74, 6) is 1.22. The number of rotatable bonds is 9. The summed E-state index contributed by atoms with van der Waals surface area (Å²) in [6.07, 6.45) is 13.1. The molecule has 226 valence electrons. The maximum atomic E-state index is 13.1. The molecular weight excluding hydrogens is 532 g/mol. The summed E-state index contributed by atoms with van der Waals surface area (Å²) in [4.78, 5) is 30.5. The van der Waals surface area contributed by atoms with E-state index in [1.807, 2.05) is 38.1 Å². The maximum Gasteiger partial charge on any atom is 0.264 e. The molecule has 0 aliphatic carbocycles. The number of para-hydroxylation sites is 1. The van der Waals surface area contributed by atoms with E-state index >= 15 is 0 Å². The van der Waals surface area contributed by atoms with Crippen molar-refractivity contribution in [2.45, 2.75) is 59.3 Å². The number of aromatic amines is 1. The minimum atomic E-state index is -0.563. The summed E-state index contributed by atoms with van der Waals surface area (Å²) in [6, 6.07) is 13.3. The van der Waals surface area contributed by atoms with Gasteiger partial charge >= 0.3 is 0 Å². The van der Waals surface area contributed by atoms with Crippen molar-refractivity contribution in [3.63, 3.8) is 0 Å². The number of likely N-dealkylation sites (tertiary alicyclic amines) is 1. The zero-order valence-corrected chi connectivity index (χ0v) is 25.5. The van der Waals surface area contributed by atoms with Gasteiger partial charge in [-0.1, -0.05) is 37.6 Å². The van der Waals surface area contributed by atoms with Crippen molar-refractivity contribution in [1.29, 1.82) is 0 Å². The zero-order valence-electron chi connectivity index (χ0n) is 25.5. The molecule has 42 heavy (non-hydrogen) atoms. The molecule has 0 bridgehead atoms. The predicted octanol–water partition coefficient (Wildman–Crippen LogP) is 6.38. The highest BCUT2D eigenvalue weighted by Gasteiger charge is 2.30. The van der Waals surface area contributed by atoms with E-state index in [1.165, 1.54) is 19.8 Å². The van der Waals surface area contributed by atoms with Gasteiger partial charge in [-0.2, -0.15) is 0 Å². The van der Waals surface area contributed by atoms with E-state index < -0.39 is 11.5 Å². The van der Waals surface area contributed by atoms with E-state index in [9.17, 15) is 14.7 Å². The van der Waals surface area contributed by atoms with Crippen LogP contribution in [0, 0.1) is 19.8 Å². The molecule has 2 heterocycles. The molecule has 1 fully saturated rings. The van der Waals surface area contributed by atoms with Crippen LogP contribution in [0.4, 0.5) is 0 Å². The first kappa shape index (κ1) is 33.8. The Morgan fingerprint density at radius 2 is 1.52 bits per heavy atom. The molecule has 2 aromatic carbocycles. The minimum Gasteiger partial charge on any atom is -0.506 e. The number of methoxy groups -OCH3 is 2. The van der Waals surface area contributed by atoms with Crippen molar-refractivity contribution in [3.8, 4) is 47.0 Å². The lowest BCUT2D eigenvalue weighted by molar-refractivity contribution is 0.0719. The average Bonchev–Trinajstić information content (AvgIpc) is 3.02. The summed E-state index contributed by atoms with van der Waals surface area (Å²) >= 11 is 0. The first-order valence-corrected chi connectivity index (χ1v) is 14.4. The summed E-state index contributed by atoms with van der Waals surface area (Å²) in [5.41, 5.74) is 1.89. The third-order valence-corrected chi connectivity index (χ3v) is 6.98. The van der Waals surface area contributed by atoms with Crippen LogP contribution in [-0.4, -0.2) is 54.8 Å². The smallest absolute Gasteiger partial charge is 0.264 e. The highest BCUT2D eigenvalue weighted by atomic mass is 16.5. The fraction of sp³-hybridized carbons (Fsp3) is 0.412. The number of carbonyl (C=O) groups is 1. The topological polar surface area (TPSA) is 101 Å². The third kappa shape index (κ3) is 8.32. The van der Waals surface area contributed by atoms with Gasteiger partial charge in [0.2, 0.25) is 0 Å². The first-order valence-electron chi connectivity index (χ1n) is 14.4. The number of carbonyl (C=O) groups excluding carboxylic acids is 1. The van der Waals surface area contributed by atoms with E-state index in [0.29, 0.717) is 47.8 Å². The lowest BCUT2D eigenvalue weighted by Gasteiger charge is -2.27. The van der Waals surface area contributed by atoms with Gasteiger partial charge in [0.05, 0.1) is 32.0 Å². The summed E-state index contributed by atoms with van der Waals surface area (Å²) in [7, 11) is 3.07. The number of aryl methyl sites for hydroxylation is 2. The van der Waals surface area contributed by atoms with Crippen LogP contribution < -0.4 is 19.8 Å². The van der Waals surface area contributed by atoms with Gasteiger partial charge in [-0.05, 0) is 69.7 Å². The summed E-state index contributed by atoms with van der Waals surface area (Å²) in [6.45, 7) is 8.00. The van der Waals surface area contributed by atoms with Crippen molar-refractivity contribution in [1.82, 2.24) is 9.88 Å². The van der Waals surface area contributed by atoms with Crippen molar-refractivity contribution in [2.24, 2.45) is 0 Å². The maximum absolute atomic E-state index is 13.1. The van der Waals surface area contributed by atoms with Crippen molar-refractivity contribution in [2.75, 3.05) is 33.9 Å². The van der Waals surface area contributed by atoms with Crippen molar-refractivity contribution >= 4 is 5.91 Å². The SMILES string of the molecule is C#C.CCCCc1[nH]c(=O)c(C(=O)N2CCCCC2)c(O)c1-c1c(OC)cccc1OC.CCOc1ccccc1C. The second kappa shape index (κ2) is 17.4. The van der Waals surface area contributed by atoms with E-state index in [4.69, 9.17) is 14.2 Å². The largest absolute Gasteiger partial charge is 0.506 e. The first-order chi connectivity index (χ1) is 20.4. The molecule has 0 unspecified atom stereocenters. The quantitative estimate of drug-likeness (QED) is 0.287. The molecule has 0 saturated carbocycles. The Morgan fingerprint density at radius 3 is 2.07 bits per heavy atom. The fourth-order valence-corrected chi connectivity index (χ4v) is 4.87. The third-order valence-electron chi connectivity index (χ3n) is 6.98. The number of pyridine rings is 1. The second-order valence-corrected chi connectivity index (χ2v) is 9.72. The number of H-pyrrole nitrogens is 1. The van der Waals surface area contributed by atoms with Crippen LogP contribution in [0.5, 0.6) is 23.0 Å². The molecule has 1 aliphatic heterocycles. The minimum absolute atomic E-state index is 0.222. The number of nitrogens with one attached hydrogen (secondary N) is 1. The molecule has 1 aromatic heterocycles. The number of ether oxygens (including phenoxy) is 3. The number of aromatic nitrogens is 1. The molecule has 3 aromatic rings. The van der Waals surface area contributed by atoms with Gasteiger partial charge in [0.25, 0.3) is 11.5 Å². The van der Waals surface area contributed by atoms with Gasteiger partial charge in [-0.3, -0.25) is 9.59 Å². The van der Waals surface area contributed by atoms with Gasteiger partial charge in [-0.15, -0.1) is 12.8 Å². The Morgan fingerprint density at radius 1 is 0.929 bits per heavy atom. The number of nitrogens with zero attached hydrogens (tertiary/aromatic N) is 1. The lowest BCUT2D eigenvalue weighted by Crippen LogP contribution is -2.38. The molecule has 1 saturated heterocycles. The number of unbranched alkanes of at least 4 members (excludes halogenated alkanes) is 1. The van der Waals surface area contributed by atoms with Crippen LogP contribution in [0.15, 0.2) is 47.3 Å². The number of aromatic hydroxyl groups is 1. The van der Waals surface area contributed by atoms with Gasteiger partial charge in [-0.25, -0.2) is 0 Å². The van der Waals surface area contributed by atoms with Gasteiger partial charge < -0.3 is 29.2 Å². The van der Waals surface area contributed by atoms with Gasteiger partial charge in [0.15, 0.2) is 0 Å². The standard InChI is InChI=1S/C23H30N2O5.C9H12O.C2H2/c1-4-5-10-15-18(19-16(29-2)11-9-12-17(19)30-3)21(26)20(22(27)24-15)23(28)25-13-7-6-8-14-25;1-3-10-9-7-5-4-6-8(9)2;1-2/h9,11-12H,4-8,10,13-14H2,1-3H3,(H2,24,26,27);4-7H,3H2,1-2H3;1-2H. The second-order valence-electron chi connectivity index (χ2n) is 9.72. The normalized spacial score (nSPS) is 12.2. The number of benzene rings is 2. The number of hydrogen-bond donors (Lipinski definition) is 2. The number of hydrogen-bond acceptors (Lipinski definition) is 6. The van der Waals surface area contributed by atoms with Gasteiger partial charge in [0, 0.05) is 18.8 Å². The average molecular weight is 577 g/mol. The molecule has 0 atom stereocenters. The summed E-state index contributed by atoms with van der Waals surface area (Å²) < 4.78 is 16.4. The Balaban J connectivity index is 0.000000431. The highest BCUT2D eigenvalue weighted by molar-refractivity contribution is 6.00. The van der Waals surface area contributed by atoms with Crippen LogP contribution in [0.25, 0.3) is 11.1 Å². The number of terminal acetylenes is 1. The molecule has 1 aliphatic rings. The molecule has 0 radical (unpaired) electrons. The molecule has 8 heteroatoms. The Hall–Kier alpha value is -4.38. The van der Waals surface area contributed by atoms with E-state index in [-0.39, 0.29) is 11.3 Å². The number of piperidine rings is 1. The van der Waals surface area contributed by atoms with Crippen LogP contribution in [0.3, 0.4) is 0 Å². The predicted molar refractivity (Wildman–Crippen MR) is 168 cm³/mol. The summed E-state index contributed by atoms with van der Waals surface area (Å²) in [5, 5.41) is 11.3. The van der Waals surface area contributed by atoms with Crippen LogP contribution in [0.2, 0.25) is 0 Å². The van der Waals surface area contributed by atoms with Crippen LogP contribution in [0.1, 0.15) is 67.6 Å². The van der Waals surface area contributed by atoms with Crippen molar-refractivity contribution in [3.05, 3.63) is 69.6 Å². The van der Waals surface area contributed by atoms with Gasteiger partial charge in [0.1, 0.15) is 28.6 Å². The highest BCUT2D eigenvalue weighted by Crippen LogP contribution is 2.44. The van der Waals surface area contributed by atoms with Crippen LogP contribution >= 0.6 is 0 Å². The van der Waals surface area contributed by atoms with E-state index in [0.717, 1.165) is 44.5 Å². The Bertz CT molecular complexity index is 1350. The lowest BCUT2D eigenvalue weighted by atomic mass is 9.95. The van der Waals surface area contributed by atoms with E-state index in [2.05, 4.69) is 24.8 Å². The van der Waals surface area contributed by atoms with Crippen molar-refractivity contribution < 1.29 is 24.1 Å². The molecule has 0 spiro atoms. The number of amides is 1. The fourth-order valence-electron chi connectivity index (χ4n) is 4.87. The zero-order chi connectivity index (χ0) is 31.1. The molecular formula is C34H44N2O6.